The molecule has 0 aliphatic carbocycles. The van der Waals surface area contributed by atoms with Crippen molar-refractivity contribution in [2.75, 3.05) is 24.0 Å². The summed E-state index contributed by atoms with van der Waals surface area (Å²) in [6.07, 6.45) is 2.09. The minimum atomic E-state index is 0.0483. The Bertz CT molecular complexity index is 361. The van der Waals surface area contributed by atoms with E-state index in [9.17, 15) is 0 Å². The molecule has 0 aliphatic heterocycles. The Balaban J connectivity index is 2.57. The van der Waals surface area contributed by atoms with Crippen LogP contribution in [0.2, 0.25) is 0 Å². The first-order valence-electron chi connectivity index (χ1n) is 6.12. The molecule has 1 atom stereocenters. The Morgan fingerprint density at radius 3 is 2.61 bits per heavy atom. The standard InChI is InChI=1S/C12H24N4OS/c1-9(8-18-6)16(5)11-15-14-10(17-11)7-13-12(2,3)4/h9,13H,7-8H2,1-6H3. The molecule has 0 fully saturated rings. The van der Waals surface area contributed by atoms with Crippen LogP contribution in [0.25, 0.3) is 0 Å². The Labute approximate surface area is 114 Å². The van der Waals surface area contributed by atoms with E-state index in [-0.39, 0.29) is 5.54 Å². The van der Waals surface area contributed by atoms with Crippen molar-refractivity contribution < 1.29 is 4.42 Å². The second-order valence-corrected chi connectivity index (χ2v) is 6.41. The molecule has 1 aromatic rings. The molecular weight excluding hydrogens is 248 g/mol. The molecule has 6 heteroatoms. The van der Waals surface area contributed by atoms with Gasteiger partial charge in [-0.1, -0.05) is 5.10 Å². The van der Waals surface area contributed by atoms with E-state index >= 15 is 0 Å². The number of anilines is 1. The lowest BCUT2D eigenvalue weighted by Crippen LogP contribution is -2.35. The molecule has 1 rings (SSSR count). The molecule has 0 bridgehead atoms. The van der Waals surface area contributed by atoms with Gasteiger partial charge in [0.1, 0.15) is 0 Å². The molecule has 1 unspecified atom stereocenters. The third kappa shape index (κ3) is 4.86. The second-order valence-electron chi connectivity index (χ2n) is 5.50. The van der Waals surface area contributed by atoms with Gasteiger partial charge in [-0.25, -0.2) is 0 Å². The molecule has 0 amide bonds. The zero-order valence-electron chi connectivity index (χ0n) is 12.1. The fraction of sp³-hybridized carbons (Fsp3) is 0.833. The zero-order valence-corrected chi connectivity index (χ0v) is 13.0. The number of thioether (sulfide) groups is 1. The number of nitrogens with zero attached hydrogens (tertiary/aromatic N) is 3. The van der Waals surface area contributed by atoms with Crippen LogP contribution in [0, 0.1) is 0 Å². The number of rotatable bonds is 6. The molecule has 104 valence electrons. The van der Waals surface area contributed by atoms with Gasteiger partial charge in [0.25, 0.3) is 0 Å². The van der Waals surface area contributed by atoms with E-state index in [0.717, 1.165) is 5.75 Å². The fourth-order valence-corrected chi connectivity index (χ4v) is 2.05. The first-order valence-corrected chi connectivity index (χ1v) is 7.52. The summed E-state index contributed by atoms with van der Waals surface area (Å²) >= 11 is 1.81. The molecule has 1 heterocycles. The molecule has 1 N–H and O–H groups in total. The normalized spacial score (nSPS) is 13.7. The van der Waals surface area contributed by atoms with E-state index in [0.29, 0.717) is 24.5 Å². The first-order chi connectivity index (χ1) is 8.33. The Morgan fingerprint density at radius 1 is 1.39 bits per heavy atom. The maximum absolute atomic E-state index is 5.64. The number of hydrogen-bond donors (Lipinski definition) is 1. The Hall–Kier alpha value is -0.750. The Morgan fingerprint density at radius 2 is 2.06 bits per heavy atom. The molecule has 1 aromatic heterocycles. The van der Waals surface area contributed by atoms with Gasteiger partial charge in [0, 0.05) is 24.4 Å². The van der Waals surface area contributed by atoms with E-state index in [2.05, 4.69) is 49.5 Å². The predicted molar refractivity (Wildman–Crippen MR) is 77.1 cm³/mol. The average molecular weight is 272 g/mol. The predicted octanol–water partition coefficient (Wildman–Crippen LogP) is 2.15. The zero-order chi connectivity index (χ0) is 13.8. The molecule has 18 heavy (non-hydrogen) atoms. The van der Waals surface area contributed by atoms with Crippen LogP contribution in [0.15, 0.2) is 4.42 Å². The van der Waals surface area contributed by atoms with Crippen LogP contribution in [-0.4, -0.2) is 40.8 Å². The van der Waals surface area contributed by atoms with Gasteiger partial charge in [0.15, 0.2) is 0 Å². The van der Waals surface area contributed by atoms with Crippen LogP contribution in [0.5, 0.6) is 0 Å². The molecule has 0 aromatic carbocycles. The molecule has 0 radical (unpaired) electrons. The van der Waals surface area contributed by atoms with Crippen molar-refractivity contribution in [3.63, 3.8) is 0 Å². The van der Waals surface area contributed by atoms with Gasteiger partial charge in [-0.15, -0.1) is 5.10 Å². The first kappa shape index (κ1) is 15.3. The lowest BCUT2D eigenvalue weighted by atomic mass is 10.1. The SMILES string of the molecule is CSCC(C)N(C)c1nnc(CNC(C)(C)C)o1. The van der Waals surface area contributed by atoms with E-state index in [1.807, 2.05) is 23.7 Å². The highest BCUT2D eigenvalue weighted by atomic mass is 32.2. The highest BCUT2D eigenvalue weighted by Crippen LogP contribution is 2.15. The van der Waals surface area contributed by atoms with Crippen LogP contribution in [-0.2, 0) is 6.54 Å². The molecule has 5 nitrogen and oxygen atoms in total. The van der Waals surface area contributed by atoms with Crippen molar-refractivity contribution in [1.29, 1.82) is 0 Å². The minimum Gasteiger partial charge on any atom is -0.407 e. The molecular formula is C12H24N4OS. The molecule has 0 saturated carbocycles. The monoisotopic (exact) mass is 272 g/mol. The largest absolute Gasteiger partial charge is 0.407 e. The van der Waals surface area contributed by atoms with Crippen LogP contribution in [0.1, 0.15) is 33.6 Å². The van der Waals surface area contributed by atoms with Gasteiger partial charge in [-0.05, 0) is 34.0 Å². The highest BCUT2D eigenvalue weighted by molar-refractivity contribution is 7.98. The van der Waals surface area contributed by atoms with Crippen molar-refractivity contribution in [2.45, 2.75) is 45.8 Å². The topological polar surface area (TPSA) is 54.2 Å². The molecule has 0 spiro atoms. The van der Waals surface area contributed by atoms with Crippen LogP contribution in [0.3, 0.4) is 0 Å². The van der Waals surface area contributed by atoms with Gasteiger partial charge in [-0.3, -0.25) is 0 Å². The number of aromatic nitrogens is 2. The summed E-state index contributed by atoms with van der Waals surface area (Å²) < 4.78 is 5.64. The van der Waals surface area contributed by atoms with Crippen molar-refractivity contribution >= 4 is 17.8 Å². The summed E-state index contributed by atoms with van der Waals surface area (Å²) in [5.74, 6) is 1.66. The number of nitrogens with one attached hydrogen (secondary N) is 1. The van der Waals surface area contributed by atoms with Crippen LogP contribution < -0.4 is 10.2 Å². The average Bonchev–Trinajstić information content (AvgIpc) is 2.73. The summed E-state index contributed by atoms with van der Waals surface area (Å²) in [5.41, 5.74) is 0.0483. The summed E-state index contributed by atoms with van der Waals surface area (Å²) in [6, 6.07) is 0.964. The summed E-state index contributed by atoms with van der Waals surface area (Å²) in [4.78, 5) is 2.02. The lowest BCUT2D eigenvalue weighted by Gasteiger charge is -2.21. The van der Waals surface area contributed by atoms with E-state index in [1.165, 1.54) is 0 Å². The molecule has 0 aliphatic rings. The van der Waals surface area contributed by atoms with Gasteiger partial charge in [0.05, 0.1) is 6.54 Å². The third-order valence-corrected chi connectivity index (χ3v) is 3.41. The number of hydrogen-bond acceptors (Lipinski definition) is 6. The highest BCUT2D eigenvalue weighted by Gasteiger charge is 2.17. The van der Waals surface area contributed by atoms with Crippen molar-refractivity contribution in [2.24, 2.45) is 0 Å². The van der Waals surface area contributed by atoms with Gasteiger partial charge in [0.2, 0.25) is 5.89 Å². The quantitative estimate of drug-likeness (QED) is 0.856. The van der Waals surface area contributed by atoms with E-state index in [4.69, 9.17) is 4.42 Å². The maximum atomic E-state index is 5.64. The van der Waals surface area contributed by atoms with Crippen molar-refractivity contribution in [3.8, 4) is 0 Å². The Kier molecular flexibility index (Phi) is 5.47. The van der Waals surface area contributed by atoms with E-state index in [1.54, 1.807) is 0 Å². The van der Waals surface area contributed by atoms with Crippen LogP contribution >= 0.6 is 11.8 Å². The minimum absolute atomic E-state index is 0.0483. The molecule has 0 saturated heterocycles. The van der Waals surface area contributed by atoms with E-state index < -0.39 is 0 Å². The third-order valence-electron chi connectivity index (χ3n) is 2.60. The van der Waals surface area contributed by atoms with Gasteiger partial charge >= 0.3 is 6.01 Å². The van der Waals surface area contributed by atoms with Crippen molar-refractivity contribution in [3.05, 3.63) is 5.89 Å². The maximum Gasteiger partial charge on any atom is 0.318 e. The fourth-order valence-electron chi connectivity index (χ4n) is 1.34. The summed E-state index contributed by atoms with van der Waals surface area (Å²) in [6.45, 7) is 9.07. The second kappa shape index (κ2) is 6.43. The smallest absolute Gasteiger partial charge is 0.318 e. The van der Waals surface area contributed by atoms with Gasteiger partial charge in [-0.2, -0.15) is 11.8 Å². The van der Waals surface area contributed by atoms with Gasteiger partial charge < -0.3 is 14.6 Å². The summed E-state index contributed by atoms with van der Waals surface area (Å²) in [7, 11) is 1.98. The van der Waals surface area contributed by atoms with Crippen LogP contribution in [0.4, 0.5) is 6.01 Å². The lowest BCUT2D eigenvalue weighted by molar-refractivity contribution is 0.380. The summed E-state index contributed by atoms with van der Waals surface area (Å²) in [5, 5.41) is 11.5. The van der Waals surface area contributed by atoms with Crippen molar-refractivity contribution in [1.82, 2.24) is 15.5 Å².